The number of aliphatic hydroxyl groups excluding tert-OH is 1. The molecule has 40 heavy (non-hydrogen) atoms. The van der Waals surface area contributed by atoms with Gasteiger partial charge in [-0.25, -0.2) is 9.97 Å². The molecule has 0 saturated carbocycles. The molecule has 0 unspecified atom stereocenters. The molecule has 2 fully saturated rings. The van der Waals surface area contributed by atoms with Gasteiger partial charge in [0.15, 0.2) is 17.0 Å². The summed E-state index contributed by atoms with van der Waals surface area (Å²) in [7, 11) is 0. The van der Waals surface area contributed by atoms with E-state index >= 15 is 0 Å². The SMILES string of the molecule is CC1(C(N)=O)CCN(c2nc(N3CC[C@@H](O)C3)nc3c2nc(-c2ccc(C#N)nc2)n3-c2ccc(Cl)cc2)CC1. The number of nitrogens with zero attached hydrogens (tertiary/aromatic N) is 8. The lowest BCUT2D eigenvalue weighted by molar-refractivity contribution is -0.127. The van der Waals surface area contributed by atoms with Crippen LogP contribution in [-0.2, 0) is 4.79 Å². The quantitative estimate of drug-likeness (QED) is 0.377. The fourth-order valence-corrected chi connectivity index (χ4v) is 5.42. The number of imidazole rings is 1. The standard InChI is InChI=1S/C28H28ClN9O2/c1-28(26(31)40)9-12-36(13-10-28)24-22-25(35-27(34-24)37-11-8-21(39)16-37)38(20-6-3-18(29)4-7-20)23(33-22)17-2-5-19(14-30)32-15-17/h2-7,15,21,39H,8-13,16H2,1H3,(H2,31,40)/t21-/m1/s1. The van der Waals surface area contributed by atoms with Crippen molar-refractivity contribution in [2.24, 2.45) is 11.1 Å². The Morgan fingerprint density at radius 2 is 1.85 bits per heavy atom. The van der Waals surface area contributed by atoms with Gasteiger partial charge in [-0.1, -0.05) is 18.5 Å². The minimum absolute atomic E-state index is 0.297. The molecule has 0 bridgehead atoms. The van der Waals surface area contributed by atoms with E-state index < -0.39 is 11.5 Å². The molecule has 11 nitrogen and oxygen atoms in total. The summed E-state index contributed by atoms with van der Waals surface area (Å²) in [5, 5.41) is 20.1. The molecule has 2 aliphatic heterocycles. The highest BCUT2D eigenvalue weighted by Gasteiger charge is 2.37. The number of hydrogen-bond donors (Lipinski definition) is 2. The van der Waals surface area contributed by atoms with Crippen LogP contribution in [-0.4, -0.2) is 67.8 Å². The van der Waals surface area contributed by atoms with E-state index in [1.165, 1.54) is 0 Å². The molecule has 0 radical (unpaired) electrons. The Labute approximate surface area is 235 Å². The fraction of sp³-hybridized carbons (Fsp3) is 0.357. The van der Waals surface area contributed by atoms with Gasteiger partial charge in [-0.2, -0.15) is 15.2 Å². The van der Waals surface area contributed by atoms with Crippen molar-refractivity contribution in [3.63, 3.8) is 0 Å². The maximum Gasteiger partial charge on any atom is 0.229 e. The average Bonchev–Trinajstić information content (AvgIpc) is 3.57. The summed E-state index contributed by atoms with van der Waals surface area (Å²) in [6, 6.07) is 12.9. The van der Waals surface area contributed by atoms with Crippen molar-refractivity contribution in [3.05, 3.63) is 53.3 Å². The highest BCUT2D eigenvalue weighted by molar-refractivity contribution is 6.30. The number of carbonyl (C=O) groups is 1. The number of primary amides is 1. The van der Waals surface area contributed by atoms with Gasteiger partial charge >= 0.3 is 0 Å². The number of rotatable bonds is 5. The number of aliphatic hydroxyl groups is 1. The predicted octanol–water partition coefficient (Wildman–Crippen LogP) is 3.07. The predicted molar refractivity (Wildman–Crippen MR) is 151 cm³/mol. The lowest BCUT2D eigenvalue weighted by Crippen LogP contribution is -2.45. The van der Waals surface area contributed by atoms with Crippen LogP contribution in [0.2, 0.25) is 5.02 Å². The molecule has 2 aliphatic rings. The fourth-order valence-electron chi connectivity index (χ4n) is 5.30. The largest absolute Gasteiger partial charge is 0.391 e. The highest BCUT2D eigenvalue weighted by atomic mass is 35.5. The number of fused-ring (bicyclic) bond motifs is 1. The topological polar surface area (TPSA) is 150 Å². The van der Waals surface area contributed by atoms with Gasteiger partial charge in [0.25, 0.3) is 0 Å². The second kappa shape index (κ2) is 10.0. The average molecular weight is 558 g/mol. The lowest BCUT2D eigenvalue weighted by atomic mass is 9.80. The normalized spacial score (nSPS) is 18.7. The van der Waals surface area contributed by atoms with Crippen molar-refractivity contribution in [1.82, 2.24) is 24.5 Å². The van der Waals surface area contributed by atoms with E-state index in [2.05, 4.69) is 16.0 Å². The molecule has 3 aromatic heterocycles. The third-order valence-corrected chi connectivity index (χ3v) is 8.16. The number of pyridine rings is 1. The number of benzene rings is 1. The number of amides is 1. The van der Waals surface area contributed by atoms with Gasteiger partial charge in [-0.05, 0) is 55.7 Å². The van der Waals surface area contributed by atoms with Gasteiger partial charge in [0.1, 0.15) is 17.6 Å². The minimum Gasteiger partial charge on any atom is -0.391 e. The molecule has 2 saturated heterocycles. The van der Waals surface area contributed by atoms with Gasteiger partial charge in [-0.15, -0.1) is 0 Å². The van der Waals surface area contributed by atoms with Gasteiger partial charge in [0, 0.05) is 54.1 Å². The van der Waals surface area contributed by atoms with E-state index in [-0.39, 0.29) is 5.91 Å². The summed E-state index contributed by atoms with van der Waals surface area (Å²) < 4.78 is 1.94. The molecular weight excluding hydrogens is 530 g/mol. The molecule has 1 aromatic carbocycles. The zero-order valence-corrected chi connectivity index (χ0v) is 22.7. The number of halogens is 1. The van der Waals surface area contributed by atoms with Crippen molar-refractivity contribution >= 4 is 40.4 Å². The van der Waals surface area contributed by atoms with E-state index in [0.717, 1.165) is 5.69 Å². The Balaban J connectivity index is 1.57. The molecule has 1 atom stereocenters. The zero-order valence-electron chi connectivity index (χ0n) is 22.0. The van der Waals surface area contributed by atoms with Crippen molar-refractivity contribution in [2.45, 2.75) is 32.3 Å². The number of piperidine rings is 1. The first-order chi connectivity index (χ1) is 19.3. The first kappa shape index (κ1) is 26.0. The smallest absolute Gasteiger partial charge is 0.229 e. The van der Waals surface area contributed by atoms with Crippen molar-refractivity contribution in [3.8, 4) is 23.1 Å². The van der Waals surface area contributed by atoms with Gasteiger partial charge in [0.2, 0.25) is 11.9 Å². The summed E-state index contributed by atoms with van der Waals surface area (Å²) >= 11 is 6.22. The van der Waals surface area contributed by atoms with Crippen LogP contribution in [0.25, 0.3) is 28.2 Å². The molecule has 5 heterocycles. The van der Waals surface area contributed by atoms with Crippen LogP contribution < -0.4 is 15.5 Å². The van der Waals surface area contributed by atoms with E-state index in [1.807, 2.05) is 34.6 Å². The number of aromatic nitrogens is 5. The van der Waals surface area contributed by atoms with Crippen LogP contribution in [0.3, 0.4) is 0 Å². The van der Waals surface area contributed by atoms with E-state index in [4.69, 9.17) is 32.3 Å². The number of nitrogens with two attached hydrogens (primary N) is 1. The third-order valence-electron chi connectivity index (χ3n) is 7.91. The molecular formula is C28H28ClN9O2. The molecule has 6 rings (SSSR count). The van der Waals surface area contributed by atoms with Crippen molar-refractivity contribution in [1.29, 1.82) is 5.26 Å². The van der Waals surface area contributed by atoms with Crippen LogP contribution in [0.15, 0.2) is 42.6 Å². The van der Waals surface area contributed by atoms with Crippen LogP contribution in [0.4, 0.5) is 11.8 Å². The summed E-state index contributed by atoms with van der Waals surface area (Å²) in [6.45, 7) is 4.13. The molecule has 4 aromatic rings. The Kier molecular flexibility index (Phi) is 6.52. The second-order valence-corrected chi connectivity index (χ2v) is 11.0. The summed E-state index contributed by atoms with van der Waals surface area (Å²) in [4.78, 5) is 35.5. The maximum absolute atomic E-state index is 12.1. The number of hydrogen-bond acceptors (Lipinski definition) is 9. The Morgan fingerprint density at radius 3 is 2.45 bits per heavy atom. The van der Waals surface area contributed by atoms with E-state index in [1.54, 1.807) is 24.4 Å². The van der Waals surface area contributed by atoms with Crippen LogP contribution >= 0.6 is 11.6 Å². The first-order valence-corrected chi connectivity index (χ1v) is 13.5. The number of anilines is 2. The number of carbonyl (C=O) groups excluding carboxylic acids is 1. The minimum atomic E-state index is -0.577. The van der Waals surface area contributed by atoms with Crippen LogP contribution in [0, 0.1) is 16.7 Å². The highest BCUT2D eigenvalue weighted by Crippen LogP contribution is 2.38. The summed E-state index contributed by atoms with van der Waals surface area (Å²) in [5.41, 5.74) is 8.13. The van der Waals surface area contributed by atoms with Gasteiger partial charge in [0.05, 0.1) is 6.10 Å². The molecule has 3 N–H and O–H groups in total. The third kappa shape index (κ3) is 4.59. The van der Waals surface area contributed by atoms with Crippen molar-refractivity contribution in [2.75, 3.05) is 36.0 Å². The molecule has 1 amide bonds. The lowest BCUT2D eigenvalue weighted by Gasteiger charge is -2.38. The van der Waals surface area contributed by atoms with E-state index in [0.29, 0.717) is 90.5 Å². The van der Waals surface area contributed by atoms with Crippen LogP contribution in [0.1, 0.15) is 31.9 Å². The van der Waals surface area contributed by atoms with Crippen molar-refractivity contribution < 1.29 is 9.90 Å². The number of β-amino-alcohol motifs (C(OH)–C–C–N with tert-alkyl or cyclic N) is 1. The molecule has 0 aliphatic carbocycles. The summed E-state index contributed by atoms with van der Waals surface area (Å²) in [5.74, 6) is 1.45. The molecule has 204 valence electrons. The van der Waals surface area contributed by atoms with Crippen LogP contribution in [0.5, 0.6) is 0 Å². The Hall–Kier alpha value is -4.27. The first-order valence-electron chi connectivity index (χ1n) is 13.2. The van der Waals surface area contributed by atoms with Gasteiger partial charge < -0.3 is 20.6 Å². The van der Waals surface area contributed by atoms with E-state index in [9.17, 15) is 15.2 Å². The Bertz CT molecular complexity index is 1620. The zero-order chi connectivity index (χ0) is 28.0. The number of nitriles is 1. The van der Waals surface area contributed by atoms with Gasteiger partial charge in [-0.3, -0.25) is 9.36 Å². The Morgan fingerprint density at radius 1 is 1.10 bits per heavy atom. The monoisotopic (exact) mass is 557 g/mol. The molecule has 12 heteroatoms. The summed E-state index contributed by atoms with van der Waals surface area (Å²) in [6.07, 6.45) is 2.99. The molecule has 0 spiro atoms. The maximum atomic E-state index is 12.1. The second-order valence-electron chi connectivity index (χ2n) is 10.6.